The molecule has 1 N–H and O–H groups in total. The van der Waals surface area contributed by atoms with E-state index in [1.165, 1.54) is 25.3 Å². The molecule has 3 rings (SSSR count). The van der Waals surface area contributed by atoms with Gasteiger partial charge in [0.1, 0.15) is 4.90 Å². The second-order valence-corrected chi connectivity index (χ2v) is 7.78. The molecule has 0 unspecified atom stereocenters. The number of hydrogen-bond acceptors (Lipinski definition) is 4. The van der Waals surface area contributed by atoms with Crippen LogP contribution in [0.3, 0.4) is 0 Å². The molecule has 0 aromatic heterocycles. The molecule has 0 saturated heterocycles. The lowest BCUT2D eigenvalue weighted by Gasteiger charge is -2.13. The van der Waals surface area contributed by atoms with Gasteiger partial charge in [-0.05, 0) is 30.7 Å². The predicted octanol–water partition coefficient (Wildman–Crippen LogP) is 4.03. The van der Waals surface area contributed by atoms with E-state index in [2.05, 4.69) is 9.71 Å². The number of para-hydroxylation sites is 1. The second-order valence-electron chi connectivity index (χ2n) is 6.21. The summed E-state index contributed by atoms with van der Waals surface area (Å²) < 4.78 is 34.9. The Kier molecular flexibility index (Phi) is 6.09. The predicted molar refractivity (Wildman–Crippen MR) is 113 cm³/mol. The highest BCUT2D eigenvalue weighted by Gasteiger charge is 2.23. The van der Waals surface area contributed by atoms with Gasteiger partial charge in [-0.15, -0.1) is 4.40 Å². The molecule has 0 aliphatic rings. The molecule has 7 heteroatoms. The van der Waals surface area contributed by atoms with E-state index in [0.29, 0.717) is 5.56 Å². The van der Waals surface area contributed by atoms with Crippen LogP contribution in [0, 0.1) is 6.92 Å². The van der Waals surface area contributed by atoms with Gasteiger partial charge in [-0.2, -0.15) is 8.42 Å². The van der Waals surface area contributed by atoms with E-state index in [9.17, 15) is 13.2 Å². The highest BCUT2D eigenvalue weighted by atomic mass is 32.2. The maximum absolute atomic E-state index is 13.1. The van der Waals surface area contributed by atoms with Crippen molar-refractivity contribution in [3.05, 3.63) is 95.6 Å². The zero-order valence-corrected chi connectivity index (χ0v) is 16.8. The second kappa shape index (κ2) is 8.70. The van der Waals surface area contributed by atoms with E-state index in [0.717, 1.165) is 11.3 Å². The Hall–Kier alpha value is -3.45. The Morgan fingerprint density at radius 1 is 0.897 bits per heavy atom. The summed E-state index contributed by atoms with van der Waals surface area (Å²) in [7, 11) is -3.00. The number of ether oxygens (including phenoxy) is 1. The van der Waals surface area contributed by atoms with Crippen molar-refractivity contribution in [2.24, 2.45) is 4.40 Å². The molecule has 3 aromatic rings. The van der Waals surface area contributed by atoms with Gasteiger partial charge in [0.05, 0.1) is 12.7 Å². The van der Waals surface area contributed by atoms with Gasteiger partial charge in [0.25, 0.3) is 10.0 Å². The monoisotopic (exact) mass is 408 g/mol. The van der Waals surface area contributed by atoms with E-state index < -0.39 is 16.0 Å². The highest BCUT2D eigenvalue weighted by Crippen LogP contribution is 2.21. The number of carbonyl (C=O) groups is 1. The highest BCUT2D eigenvalue weighted by molar-refractivity contribution is 7.90. The number of esters is 1. The van der Waals surface area contributed by atoms with Gasteiger partial charge < -0.3 is 10.1 Å². The average Bonchev–Trinajstić information content (AvgIpc) is 2.74. The van der Waals surface area contributed by atoms with Crippen molar-refractivity contribution in [1.29, 1.82) is 0 Å². The van der Waals surface area contributed by atoms with Crippen LogP contribution in [-0.2, 0) is 14.8 Å². The molecule has 0 bridgehead atoms. The quantitative estimate of drug-likeness (QED) is 0.391. The molecule has 0 amide bonds. The molecule has 0 spiro atoms. The Labute approximate surface area is 169 Å². The Bertz CT molecular complexity index is 1160. The number of sulfonamides is 1. The molecule has 0 aliphatic heterocycles. The average molecular weight is 408 g/mol. The van der Waals surface area contributed by atoms with Crippen LogP contribution in [0.4, 0.5) is 5.69 Å². The minimum absolute atomic E-state index is 0.0675. The molecule has 0 radical (unpaired) electrons. The van der Waals surface area contributed by atoms with E-state index in [4.69, 9.17) is 4.74 Å². The first-order valence-electron chi connectivity index (χ1n) is 8.83. The maximum Gasteiger partial charge on any atom is 0.339 e. The van der Waals surface area contributed by atoms with Crippen LogP contribution in [0.5, 0.6) is 0 Å². The number of benzene rings is 3. The first-order valence-corrected chi connectivity index (χ1v) is 10.3. The molecule has 29 heavy (non-hydrogen) atoms. The Morgan fingerprint density at radius 2 is 1.52 bits per heavy atom. The van der Waals surface area contributed by atoms with Crippen molar-refractivity contribution in [1.82, 2.24) is 0 Å². The third-order valence-corrected chi connectivity index (χ3v) is 5.56. The minimum Gasteiger partial charge on any atom is -0.465 e. The van der Waals surface area contributed by atoms with Crippen molar-refractivity contribution in [2.75, 3.05) is 12.4 Å². The summed E-state index contributed by atoms with van der Waals surface area (Å²) in [5.41, 5.74) is 2.19. The summed E-state index contributed by atoms with van der Waals surface area (Å²) in [5.74, 6) is -0.591. The van der Waals surface area contributed by atoms with Crippen LogP contribution in [0.15, 0.2) is 88.2 Å². The van der Waals surface area contributed by atoms with Crippen molar-refractivity contribution in [3.8, 4) is 0 Å². The third-order valence-electron chi connectivity index (χ3n) is 4.23. The van der Waals surface area contributed by atoms with Gasteiger partial charge in [-0.1, -0.05) is 60.7 Å². The van der Waals surface area contributed by atoms with Crippen LogP contribution >= 0.6 is 0 Å². The van der Waals surface area contributed by atoms with Crippen molar-refractivity contribution in [3.63, 3.8) is 0 Å². The fraction of sp³-hybridized carbons (Fsp3) is 0.0909. The van der Waals surface area contributed by atoms with Gasteiger partial charge >= 0.3 is 5.97 Å². The number of carbonyl (C=O) groups excluding carboxylic acids is 1. The van der Waals surface area contributed by atoms with E-state index in [1.807, 2.05) is 37.3 Å². The van der Waals surface area contributed by atoms with Gasteiger partial charge in [0.2, 0.25) is 0 Å². The van der Waals surface area contributed by atoms with Crippen LogP contribution in [-0.4, -0.2) is 27.3 Å². The lowest BCUT2D eigenvalue weighted by Crippen LogP contribution is -2.18. The molecule has 0 aliphatic carbocycles. The van der Waals surface area contributed by atoms with Crippen LogP contribution in [0.2, 0.25) is 0 Å². The van der Waals surface area contributed by atoms with Crippen molar-refractivity contribution in [2.45, 2.75) is 11.8 Å². The van der Waals surface area contributed by atoms with Gasteiger partial charge in [0.15, 0.2) is 5.84 Å². The number of aryl methyl sites for hydroxylation is 1. The number of hydrogen-bond donors (Lipinski definition) is 1. The van der Waals surface area contributed by atoms with Crippen LogP contribution < -0.4 is 5.32 Å². The SMILES string of the molecule is COC(=O)c1ccccc1S(=O)(=O)N=C(Nc1ccccc1C)c1ccccc1. The van der Waals surface area contributed by atoms with E-state index in [1.54, 1.807) is 30.3 Å². The zero-order chi connectivity index (χ0) is 20.9. The van der Waals surface area contributed by atoms with Crippen molar-refractivity contribution >= 4 is 27.5 Å². The fourth-order valence-corrected chi connectivity index (χ4v) is 3.89. The minimum atomic E-state index is -4.20. The van der Waals surface area contributed by atoms with Crippen LogP contribution in [0.25, 0.3) is 0 Å². The number of rotatable bonds is 5. The molecule has 0 heterocycles. The smallest absolute Gasteiger partial charge is 0.339 e. The first kappa shape index (κ1) is 20.3. The number of amidine groups is 1. The topological polar surface area (TPSA) is 84.8 Å². The maximum atomic E-state index is 13.1. The standard InChI is InChI=1S/C22H20N2O4S/c1-16-10-6-8-14-19(16)23-21(17-11-4-3-5-12-17)24-29(26,27)20-15-9-7-13-18(20)22(25)28-2/h3-15H,1-2H3,(H,23,24). The van der Waals surface area contributed by atoms with E-state index in [-0.39, 0.29) is 16.3 Å². The summed E-state index contributed by atoms with van der Waals surface area (Å²) in [6.45, 7) is 1.91. The van der Waals surface area contributed by atoms with Gasteiger partial charge in [0, 0.05) is 11.3 Å². The summed E-state index contributed by atoms with van der Waals surface area (Å²) in [6.07, 6.45) is 0. The summed E-state index contributed by atoms with van der Waals surface area (Å²) in [6, 6.07) is 22.2. The number of anilines is 1. The molecule has 3 aromatic carbocycles. The molecule has 0 fully saturated rings. The zero-order valence-electron chi connectivity index (χ0n) is 16.0. The molecular weight excluding hydrogens is 388 g/mol. The lowest BCUT2D eigenvalue weighted by atomic mass is 10.1. The van der Waals surface area contributed by atoms with Crippen molar-refractivity contribution < 1.29 is 17.9 Å². The van der Waals surface area contributed by atoms with Crippen LogP contribution in [0.1, 0.15) is 21.5 Å². The Morgan fingerprint density at radius 3 is 2.21 bits per heavy atom. The van der Waals surface area contributed by atoms with Gasteiger partial charge in [-0.3, -0.25) is 0 Å². The van der Waals surface area contributed by atoms with Gasteiger partial charge in [-0.25, -0.2) is 4.79 Å². The summed E-state index contributed by atoms with van der Waals surface area (Å²) in [5, 5.41) is 3.11. The molecule has 0 saturated carbocycles. The van der Waals surface area contributed by atoms with E-state index >= 15 is 0 Å². The molecule has 6 nitrogen and oxygen atoms in total. The third kappa shape index (κ3) is 4.70. The lowest BCUT2D eigenvalue weighted by molar-refractivity contribution is 0.0596. The summed E-state index contributed by atoms with van der Waals surface area (Å²) in [4.78, 5) is 11.8. The normalized spacial score (nSPS) is 11.7. The number of methoxy groups -OCH3 is 1. The Balaban J connectivity index is 2.13. The fourth-order valence-electron chi connectivity index (χ4n) is 2.72. The first-order chi connectivity index (χ1) is 13.9. The summed E-state index contributed by atoms with van der Waals surface area (Å²) >= 11 is 0. The molecule has 148 valence electrons. The largest absolute Gasteiger partial charge is 0.465 e. The molecular formula is C22H20N2O4S. The number of nitrogens with one attached hydrogen (secondary N) is 1. The molecule has 0 atom stereocenters. The number of nitrogens with zero attached hydrogens (tertiary/aromatic N) is 1.